The highest BCUT2D eigenvalue weighted by Crippen LogP contribution is 2.22. The lowest BCUT2D eigenvalue weighted by molar-refractivity contribution is -0.384. The van der Waals surface area contributed by atoms with E-state index in [4.69, 9.17) is 11.5 Å². The van der Waals surface area contributed by atoms with Crippen molar-refractivity contribution in [2.45, 2.75) is 0 Å². The summed E-state index contributed by atoms with van der Waals surface area (Å²) in [4.78, 5) is 22.4. The van der Waals surface area contributed by atoms with E-state index in [0.29, 0.717) is 5.69 Å². The quantitative estimate of drug-likeness (QED) is 0.287. The van der Waals surface area contributed by atoms with Crippen molar-refractivity contribution < 1.29 is 19.0 Å². The highest BCUT2D eigenvalue weighted by Gasteiger charge is 2.20. The van der Waals surface area contributed by atoms with Gasteiger partial charge in [-0.05, 0) is 32.8 Å². The molecule has 0 aliphatic heterocycles. The molecule has 0 spiro atoms. The van der Waals surface area contributed by atoms with Gasteiger partial charge >= 0.3 is 0 Å². The Balaban J connectivity index is 1.74. The number of amides is 1. The normalized spacial score (nSPS) is 10.9. The van der Waals surface area contributed by atoms with Gasteiger partial charge in [0.2, 0.25) is 23.4 Å². The molecule has 16 heteroatoms. The van der Waals surface area contributed by atoms with Crippen LogP contribution >= 0.6 is 0 Å². The number of nitrogens with zero attached hydrogens (tertiary/aromatic N) is 8. The first kappa shape index (κ1) is 18.2. The topological polar surface area (TPSA) is 230 Å². The molecule has 3 aromatic rings. The molecule has 0 saturated carbocycles. The van der Waals surface area contributed by atoms with Gasteiger partial charge in [0.05, 0.1) is 4.92 Å². The van der Waals surface area contributed by atoms with Crippen LogP contribution in [0, 0.1) is 10.1 Å². The number of hydrogen-bond donors (Lipinski definition) is 3. The molecule has 1 aromatic carbocycles. The minimum atomic E-state index is -0.568. The summed E-state index contributed by atoms with van der Waals surface area (Å²) in [5.74, 6) is -1.05. The van der Waals surface area contributed by atoms with Crippen molar-refractivity contribution in [1.29, 1.82) is 0 Å². The molecular formula is C12H11N11O5. The molecule has 3 rings (SSSR count). The van der Waals surface area contributed by atoms with Crippen molar-refractivity contribution in [3.8, 4) is 0 Å². The lowest BCUT2D eigenvalue weighted by atomic mass is 10.3. The third-order valence-electron chi connectivity index (χ3n) is 3.14. The zero-order valence-electron chi connectivity index (χ0n) is 13.8. The number of anilines is 4. The van der Waals surface area contributed by atoms with Crippen LogP contribution in [0.4, 0.5) is 34.6 Å². The number of nitrogens with two attached hydrogens (primary N) is 2. The maximum Gasteiger partial charge on any atom is 0.269 e. The van der Waals surface area contributed by atoms with E-state index < -0.39 is 17.4 Å². The van der Waals surface area contributed by atoms with Crippen LogP contribution in [0.2, 0.25) is 0 Å². The molecule has 0 fully saturated rings. The molecule has 2 aromatic heterocycles. The van der Waals surface area contributed by atoms with Crippen molar-refractivity contribution in [3.63, 3.8) is 0 Å². The molecule has 0 unspecified atom stereocenters. The number of nitro benzene ring substituents is 1. The molecule has 2 heterocycles. The second-order valence-corrected chi connectivity index (χ2v) is 5.05. The highest BCUT2D eigenvalue weighted by atomic mass is 16.6. The third kappa shape index (κ3) is 4.12. The molecule has 1 amide bonds. The summed E-state index contributed by atoms with van der Waals surface area (Å²) < 4.78 is 8.87. The van der Waals surface area contributed by atoms with E-state index in [0.717, 1.165) is 5.01 Å². The van der Waals surface area contributed by atoms with Gasteiger partial charge < -0.3 is 16.8 Å². The smallest absolute Gasteiger partial charge is 0.269 e. The summed E-state index contributed by atoms with van der Waals surface area (Å²) in [7, 11) is 0. The van der Waals surface area contributed by atoms with Crippen LogP contribution in [0.25, 0.3) is 0 Å². The molecule has 28 heavy (non-hydrogen) atoms. The zero-order chi connectivity index (χ0) is 20.1. The molecule has 16 nitrogen and oxygen atoms in total. The van der Waals surface area contributed by atoms with Gasteiger partial charge in [-0.15, -0.1) is 5.11 Å². The zero-order valence-corrected chi connectivity index (χ0v) is 13.8. The summed E-state index contributed by atoms with van der Waals surface area (Å²) in [6.45, 7) is -0.413. The van der Waals surface area contributed by atoms with Gasteiger partial charge in [0.15, 0.2) is 0 Å². The number of rotatable bonds is 7. The predicted molar refractivity (Wildman–Crippen MR) is 91.0 cm³/mol. The fourth-order valence-electron chi connectivity index (χ4n) is 1.88. The third-order valence-corrected chi connectivity index (χ3v) is 3.14. The first-order valence-corrected chi connectivity index (χ1v) is 7.33. The van der Waals surface area contributed by atoms with Crippen molar-refractivity contribution in [2.75, 3.05) is 28.3 Å². The van der Waals surface area contributed by atoms with Crippen LogP contribution in [0.15, 0.2) is 43.9 Å². The van der Waals surface area contributed by atoms with Crippen LogP contribution in [0.5, 0.6) is 0 Å². The summed E-state index contributed by atoms with van der Waals surface area (Å²) in [5, 5.41) is 35.3. The SMILES string of the molecule is Nc1nonc1N=NN(CC(=O)Nc1ccc([N+](=O)[O-])cc1)c1nonc1N. The van der Waals surface area contributed by atoms with E-state index in [2.05, 4.69) is 45.5 Å². The minimum Gasteiger partial charge on any atom is -0.378 e. The van der Waals surface area contributed by atoms with Crippen LogP contribution < -0.4 is 21.8 Å². The Labute approximate surface area is 154 Å². The maximum absolute atomic E-state index is 12.3. The number of benzene rings is 1. The number of hydrogen-bond acceptors (Lipinski definition) is 13. The van der Waals surface area contributed by atoms with E-state index in [1.165, 1.54) is 24.3 Å². The van der Waals surface area contributed by atoms with Crippen LogP contribution in [-0.4, -0.2) is 38.0 Å². The Morgan fingerprint density at radius 3 is 2.39 bits per heavy atom. The average molecular weight is 389 g/mol. The van der Waals surface area contributed by atoms with Gasteiger partial charge in [-0.2, -0.15) is 0 Å². The molecule has 0 aliphatic carbocycles. The summed E-state index contributed by atoms with van der Waals surface area (Å²) >= 11 is 0. The predicted octanol–water partition coefficient (Wildman–Crippen LogP) is 0.669. The van der Waals surface area contributed by atoms with Gasteiger partial charge in [-0.25, -0.2) is 14.3 Å². The monoisotopic (exact) mass is 389 g/mol. The number of nitrogen functional groups attached to an aromatic ring is 2. The maximum atomic E-state index is 12.3. The Morgan fingerprint density at radius 1 is 1.14 bits per heavy atom. The van der Waals surface area contributed by atoms with Gasteiger partial charge in [0, 0.05) is 17.8 Å². The van der Waals surface area contributed by atoms with Crippen molar-refractivity contribution in [2.24, 2.45) is 10.3 Å². The molecule has 5 N–H and O–H groups in total. The number of non-ortho nitro benzene ring substituents is 1. The van der Waals surface area contributed by atoms with E-state index in [1.807, 2.05) is 0 Å². The van der Waals surface area contributed by atoms with E-state index in [9.17, 15) is 14.9 Å². The molecule has 0 aliphatic rings. The Hall–Kier alpha value is -4.63. The summed E-state index contributed by atoms with van der Waals surface area (Å²) in [6, 6.07) is 5.23. The second kappa shape index (κ2) is 7.72. The molecule has 0 saturated heterocycles. The average Bonchev–Trinajstić information content (AvgIpc) is 3.27. The Bertz CT molecular complexity index is 1010. The first-order chi connectivity index (χ1) is 13.4. The van der Waals surface area contributed by atoms with Crippen molar-refractivity contribution >= 4 is 40.6 Å². The summed E-state index contributed by atoms with van der Waals surface area (Å²) in [5.41, 5.74) is 11.3. The lowest BCUT2D eigenvalue weighted by Crippen LogP contribution is -2.30. The fraction of sp³-hybridized carbons (Fsp3) is 0.0833. The van der Waals surface area contributed by atoms with E-state index in [-0.39, 0.29) is 29.0 Å². The van der Waals surface area contributed by atoms with Crippen LogP contribution in [0.3, 0.4) is 0 Å². The van der Waals surface area contributed by atoms with E-state index in [1.54, 1.807) is 0 Å². The highest BCUT2D eigenvalue weighted by molar-refractivity contribution is 5.94. The lowest BCUT2D eigenvalue weighted by Gasteiger charge is -2.13. The standard InChI is InChI=1S/C12H11N11O5/c13-9-11(19-27-17-9)16-21-22(12-10(14)18-28-20-12)5-8(24)15-6-1-3-7(4-2-6)23(25)26/h1-4H,5H2,(H2,13,17)(H2,14,18)(H,15,24). The van der Waals surface area contributed by atoms with E-state index >= 15 is 0 Å². The number of nitrogens with one attached hydrogen (secondary N) is 1. The van der Waals surface area contributed by atoms with Gasteiger partial charge in [-0.1, -0.05) is 5.22 Å². The molecular weight excluding hydrogens is 378 g/mol. The molecule has 0 bridgehead atoms. The van der Waals surface area contributed by atoms with Crippen LogP contribution in [-0.2, 0) is 4.79 Å². The largest absolute Gasteiger partial charge is 0.378 e. The van der Waals surface area contributed by atoms with Crippen molar-refractivity contribution in [1.82, 2.24) is 20.6 Å². The van der Waals surface area contributed by atoms with Gasteiger partial charge in [0.25, 0.3) is 11.5 Å². The molecule has 0 atom stereocenters. The van der Waals surface area contributed by atoms with Crippen LogP contribution in [0.1, 0.15) is 0 Å². The Kier molecular flexibility index (Phi) is 5.01. The van der Waals surface area contributed by atoms with Gasteiger partial charge in [-0.3, -0.25) is 14.9 Å². The number of carbonyl (C=O) groups excluding carboxylic acids is 1. The van der Waals surface area contributed by atoms with Gasteiger partial charge in [0.1, 0.15) is 6.54 Å². The number of aromatic nitrogens is 4. The number of carbonyl (C=O) groups is 1. The summed E-state index contributed by atoms with van der Waals surface area (Å²) in [6.07, 6.45) is 0. The fourth-order valence-corrected chi connectivity index (χ4v) is 1.88. The van der Waals surface area contributed by atoms with Crippen molar-refractivity contribution in [3.05, 3.63) is 34.4 Å². The molecule has 144 valence electrons. The minimum absolute atomic E-state index is 0.0855. The molecule has 0 radical (unpaired) electrons. The Morgan fingerprint density at radius 2 is 1.82 bits per heavy atom. The number of nitro groups is 1. The first-order valence-electron chi connectivity index (χ1n) is 7.33. The second-order valence-electron chi connectivity index (χ2n) is 5.05.